The zero-order valence-electron chi connectivity index (χ0n) is 14.5. The van der Waals surface area contributed by atoms with E-state index in [0.29, 0.717) is 6.54 Å². The van der Waals surface area contributed by atoms with Crippen molar-refractivity contribution in [2.45, 2.75) is 6.54 Å². The zero-order valence-corrected chi connectivity index (χ0v) is 14.5. The van der Waals surface area contributed by atoms with Gasteiger partial charge in [0.25, 0.3) is 0 Å². The quantitative estimate of drug-likeness (QED) is 0.676. The summed E-state index contributed by atoms with van der Waals surface area (Å²) in [4.78, 5) is 17.8. The number of carbonyl (C=O) groups is 1. The number of H-pyrrole nitrogens is 1. The fraction of sp³-hybridized carbons (Fsp3) is 0.250. The number of anilines is 2. The van der Waals surface area contributed by atoms with Gasteiger partial charge in [-0.3, -0.25) is 0 Å². The van der Waals surface area contributed by atoms with Gasteiger partial charge in [0.15, 0.2) is 0 Å². The number of para-hydroxylation sites is 1. The van der Waals surface area contributed by atoms with Crippen molar-refractivity contribution in [3.05, 3.63) is 60.3 Å². The van der Waals surface area contributed by atoms with Crippen molar-refractivity contribution >= 4 is 28.3 Å². The van der Waals surface area contributed by atoms with Gasteiger partial charge in [-0.05, 0) is 35.7 Å². The van der Waals surface area contributed by atoms with Crippen LogP contribution in [0.5, 0.6) is 0 Å². The van der Waals surface area contributed by atoms with Crippen LogP contribution in [0, 0.1) is 0 Å². The predicted molar refractivity (Wildman–Crippen MR) is 104 cm³/mol. The average molecular weight is 350 g/mol. The van der Waals surface area contributed by atoms with Crippen molar-refractivity contribution in [3.63, 3.8) is 0 Å². The summed E-state index contributed by atoms with van der Waals surface area (Å²) >= 11 is 0. The molecule has 0 spiro atoms. The number of urea groups is 1. The lowest BCUT2D eigenvalue weighted by Crippen LogP contribution is -2.36. The highest BCUT2D eigenvalue weighted by Crippen LogP contribution is 2.20. The number of morpholine rings is 1. The van der Waals surface area contributed by atoms with E-state index in [2.05, 4.69) is 32.7 Å². The molecule has 1 aromatic heterocycles. The molecule has 2 aromatic carbocycles. The van der Waals surface area contributed by atoms with Gasteiger partial charge < -0.3 is 25.3 Å². The number of carbonyl (C=O) groups excluding carboxylic acids is 1. The second-order valence-electron chi connectivity index (χ2n) is 6.34. The van der Waals surface area contributed by atoms with Crippen molar-refractivity contribution < 1.29 is 9.53 Å². The molecule has 1 aliphatic heterocycles. The van der Waals surface area contributed by atoms with Gasteiger partial charge in [0.1, 0.15) is 0 Å². The molecule has 26 heavy (non-hydrogen) atoms. The molecule has 134 valence electrons. The molecular weight excluding hydrogens is 328 g/mol. The minimum atomic E-state index is -0.220. The number of amides is 2. The Morgan fingerprint density at radius 1 is 1.08 bits per heavy atom. The fourth-order valence-electron chi connectivity index (χ4n) is 3.18. The third-order valence-corrected chi connectivity index (χ3v) is 4.51. The number of rotatable bonds is 4. The van der Waals surface area contributed by atoms with Gasteiger partial charge in [-0.15, -0.1) is 0 Å². The zero-order chi connectivity index (χ0) is 17.8. The molecule has 0 atom stereocenters. The lowest BCUT2D eigenvalue weighted by molar-refractivity contribution is 0.122. The van der Waals surface area contributed by atoms with Gasteiger partial charge >= 0.3 is 6.03 Å². The molecule has 1 fully saturated rings. The molecule has 0 saturated carbocycles. The molecule has 0 radical (unpaired) electrons. The van der Waals surface area contributed by atoms with E-state index >= 15 is 0 Å². The molecule has 3 N–H and O–H groups in total. The lowest BCUT2D eigenvalue weighted by atomic mass is 10.2. The van der Waals surface area contributed by atoms with Gasteiger partial charge in [-0.1, -0.05) is 24.3 Å². The highest BCUT2D eigenvalue weighted by atomic mass is 16.5. The van der Waals surface area contributed by atoms with E-state index in [-0.39, 0.29) is 6.03 Å². The minimum Gasteiger partial charge on any atom is -0.378 e. The summed E-state index contributed by atoms with van der Waals surface area (Å²) in [5.74, 6) is 0. The predicted octanol–water partition coefficient (Wildman–Crippen LogP) is 3.33. The molecule has 2 amide bonds. The minimum absolute atomic E-state index is 0.220. The fourth-order valence-corrected chi connectivity index (χ4v) is 3.18. The normalized spacial score (nSPS) is 14.4. The third kappa shape index (κ3) is 3.81. The number of fused-ring (bicyclic) bond motifs is 1. The average Bonchev–Trinajstić information content (AvgIpc) is 3.10. The van der Waals surface area contributed by atoms with Crippen LogP contribution in [0.1, 0.15) is 5.69 Å². The van der Waals surface area contributed by atoms with Gasteiger partial charge in [0, 0.05) is 35.7 Å². The number of ether oxygens (including phenoxy) is 1. The van der Waals surface area contributed by atoms with Gasteiger partial charge in [0.2, 0.25) is 0 Å². The number of hydrogen-bond donors (Lipinski definition) is 3. The maximum atomic E-state index is 12.2. The summed E-state index contributed by atoms with van der Waals surface area (Å²) in [5.41, 5.74) is 3.93. The second-order valence-corrected chi connectivity index (χ2v) is 6.34. The van der Waals surface area contributed by atoms with Crippen LogP contribution >= 0.6 is 0 Å². The van der Waals surface area contributed by atoms with Crippen LogP contribution in [0.25, 0.3) is 10.9 Å². The molecular formula is C20H22N4O2. The molecule has 0 bridgehead atoms. The second kappa shape index (κ2) is 7.49. The van der Waals surface area contributed by atoms with Crippen molar-refractivity contribution in [3.8, 4) is 0 Å². The van der Waals surface area contributed by atoms with E-state index < -0.39 is 0 Å². The Labute approximate surface area is 152 Å². The summed E-state index contributed by atoms with van der Waals surface area (Å²) in [5, 5.41) is 6.94. The smallest absolute Gasteiger partial charge is 0.319 e. The van der Waals surface area contributed by atoms with E-state index in [1.807, 2.05) is 42.5 Å². The number of aromatic amines is 1. The molecule has 0 aliphatic carbocycles. The number of benzene rings is 2. The summed E-state index contributed by atoms with van der Waals surface area (Å²) in [7, 11) is 0. The summed E-state index contributed by atoms with van der Waals surface area (Å²) in [6, 6.07) is 17.8. The molecule has 3 aromatic rings. The molecule has 1 saturated heterocycles. The first-order valence-electron chi connectivity index (χ1n) is 8.82. The first-order valence-corrected chi connectivity index (χ1v) is 8.82. The van der Waals surface area contributed by atoms with E-state index in [1.165, 1.54) is 0 Å². The van der Waals surface area contributed by atoms with Crippen molar-refractivity contribution in [1.29, 1.82) is 0 Å². The van der Waals surface area contributed by atoms with E-state index in [9.17, 15) is 4.79 Å². The van der Waals surface area contributed by atoms with Gasteiger partial charge in [-0.25, -0.2) is 4.79 Å². The highest BCUT2D eigenvalue weighted by Gasteiger charge is 2.12. The Hall–Kier alpha value is -2.99. The van der Waals surface area contributed by atoms with Crippen LogP contribution in [0.15, 0.2) is 54.6 Å². The molecule has 2 heterocycles. The first-order chi connectivity index (χ1) is 12.8. The Balaban J connectivity index is 1.35. The summed E-state index contributed by atoms with van der Waals surface area (Å²) in [6.07, 6.45) is 0. The van der Waals surface area contributed by atoms with E-state index in [4.69, 9.17) is 4.74 Å². The maximum absolute atomic E-state index is 12.2. The molecule has 0 unspecified atom stereocenters. The van der Waals surface area contributed by atoms with Crippen LogP contribution in [0.2, 0.25) is 0 Å². The van der Waals surface area contributed by atoms with Crippen LogP contribution in [0.3, 0.4) is 0 Å². The molecule has 1 aliphatic rings. The van der Waals surface area contributed by atoms with Crippen molar-refractivity contribution in [2.24, 2.45) is 0 Å². The maximum Gasteiger partial charge on any atom is 0.319 e. The standard InChI is InChI=1S/C20H22N4O2/c25-20(21-14-17-12-15-4-1-2-7-19(15)22-17)23-16-5-3-6-18(13-16)24-8-10-26-11-9-24/h1-7,12-13,22H,8-11,14H2,(H2,21,23,25). The first kappa shape index (κ1) is 16.5. The summed E-state index contributed by atoms with van der Waals surface area (Å²) < 4.78 is 5.39. The monoisotopic (exact) mass is 350 g/mol. The van der Waals surface area contributed by atoms with Crippen molar-refractivity contribution in [1.82, 2.24) is 10.3 Å². The SMILES string of the molecule is O=C(NCc1cc2ccccc2[nH]1)Nc1cccc(N2CCOCC2)c1. The number of hydrogen-bond acceptors (Lipinski definition) is 3. The van der Waals surface area contributed by atoms with Crippen LogP contribution in [0.4, 0.5) is 16.2 Å². The molecule has 4 rings (SSSR count). The highest BCUT2D eigenvalue weighted by molar-refractivity contribution is 5.90. The van der Waals surface area contributed by atoms with E-state index in [1.54, 1.807) is 0 Å². The Bertz CT molecular complexity index is 866. The van der Waals surface area contributed by atoms with Crippen LogP contribution < -0.4 is 15.5 Å². The third-order valence-electron chi connectivity index (χ3n) is 4.51. The topological polar surface area (TPSA) is 69.4 Å². The lowest BCUT2D eigenvalue weighted by Gasteiger charge is -2.29. The number of nitrogens with one attached hydrogen (secondary N) is 3. The van der Waals surface area contributed by atoms with Gasteiger partial charge in [-0.2, -0.15) is 0 Å². The van der Waals surface area contributed by atoms with Crippen LogP contribution in [-0.4, -0.2) is 37.3 Å². The number of nitrogens with zero attached hydrogens (tertiary/aromatic N) is 1. The Kier molecular flexibility index (Phi) is 4.75. The van der Waals surface area contributed by atoms with Gasteiger partial charge in [0.05, 0.1) is 19.8 Å². The Morgan fingerprint density at radius 2 is 1.92 bits per heavy atom. The molecule has 6 nitrogen and oxygen atoms in total. The summed E-state index contributed by atoms with van der Waals surface area (Å²) in [6.45, 7) is 3.67. The largest absolute Gasteiger partial charge is 0.378 e. The molecule has 6 heteroatoms. The Morgan fingerprint density at radius 3 is 2.77 bits per heavy atom. The van der Waals surface area contributed by atoms with Crippen LogP contribution in [-0.2, 0) is 11.3 Å². The van der Waals surface area contributed by atoms with Crippen molar-refractivity contribution in [2.75, 3.05) is 36.5 Å². The van der Waals surface area contributed by atoms with E-state index in [0.717, 1.165) is 54.3 Å². The number of aromatic nitrogens is 1.